The predicted octanol–water partition coefficient (Wildman–Crippen LogP) is 6.79. The molecule has 24 heavy (non-hydrogen) atoms. The third-order valence-electron chi connectivity index (χ3n) is 5.16. The molecule has 0 radical (unpaired) electrons. The van der Waals surface area contributed by atoms with Crippen LogP contribution in [0.15, 0.2) is 72.8 Å². The molecule has 0 spiro atoms. The molecule has 0 atom stereocenters. The molecule has 0 fully saturated rings. The average molecular weight is 326 g/mol. The van der Waals surface area contributed by atoms with Crippen LogP contribution in [0.4, 0.5) is 0 Å². The molecule has 116 valence electrons. The maximum atomic E-state index is 2.44. The van der Waals surface area contributed by atoms with Gasteiger partial charge in [0.15, 0.2) is 0 Å². The molecule has 0 bridgehead atoms. The largest absolute Gasteiger partial charge is 0.101 e. The standard InChI is InChI=1S/C23H19P/c1-24-14-18-12-10-16-6-2-4-8-20(16)22(18)23-19(15-24)13-11-17-7-3-5-9-21(17)23/h2-13H,14-15H2,1H3. The Morgan fingerprint density at radius 2 is 1.04 bits per heavy atom. The molecule has 1 aliphatic rings. The van der Waals surface area contributed by atoms with Crippen molar-refractivity contribution in [3.05, 3.63) is 83.9 Å². The maximum absolute atomic E-state index is 2.44. The molecule has 0 saturated heterocycles. The van der Waals surface area contributed by atoms with Crippen LogP contribution in [0.5, 0.6) is 0 Å². The second kappa shape index (κ2) is 5.43. The van der Waals surface area contributed by atoms with Gasteiger partial charge in [0.2, 0.25) is 0 Å². The summed E-state index contributed by atoms with van der Waals surface area (Å²) in [6.45, 7) is 2.44. The number of hydrogen-bond donors (Lipinski definition) is 0. The lowest BCUT2D eigenvalue weighted by Crippen LogP contribution is -1.92. The molecule has 1 heterocycles. The zero-order valence-electron chi connectivity index (χ0n) is 13.8. The van der Waals surface area contributed by atoms with E-state index in [1.165, 1.54) is 56.1 Å². The Balaban J connectivity index is 2.00. The van der Waals surface area contributed by atoms with Gasteiger partial charge in [0.25, 0.3) is 0 Å². The number of rotatable bonds is 0. The first-order valence-corrected chi connectivity index (χ1v) is 10.7. The molecule has 4 aromatic carbocycles. The van der Waals surface area contributed by atoms with Gasteiger partial charge in [-0.2, -0.15) is 0 Å². The first-order valence-electron chi connectivity index (χ1n) is 8.51. The van der Waals surface area contributed by atoms with E-state index in [4.69, 9.17) is 0 Å². The lowest BCUT2D eigenvalue weighted by atomic mass is 9.88. The van der Waals surface area contributed by atoms with Gasteiger partial charge in [-0.25, -0.2) is 0 Å². The first-order chi connectivity index (χ1) is 11.8. The molecule has 5 rings (SSSR count). The van der Waals surface area contributed by atoms with E-state index in [1.54, 1.807) is 0 Å². The summed E-state index contributed by atoms with van der Waals surface area (Å²) in [5.41, 5.74) is 6.01. The van der Waals surface area contributed by atoms with Gasteiger partial charge in [0.1, 0.15) is 0 Å². The predicted molar refractivity (Wildman–Crippen MR) is 107 cm³/mol. The topological polar surface area (TPSA) is 0 Å². The van der Waals surface area contributed by atoms with Crippen molar-refractivity contribution in [3.63, 3.8) is 0 Å². The van der Waals surface area contributed by atoms with E-state index in [2.05, 4.69) is 79.5 Å². The first kappa shape index (κ1) is 14.2. The van der Waals surface area contributed by atoms with E-state index in [0.717, 1.165) is 0 Å². The van der Waals surface area contributed by atoms with Crippen LogP contribution in [0.25, 0.3) is 32.7 Å². The van der Waals surface area contributed by atoms with Gasteiger partial charge in [-0.05, 0) is 62.8 Å². The van der Waals surface area contributed by atoms with Crippen molar-refractivity contribution in [3.8, 4) is 11.1 Å². The van der Waals surface area contributed by atoms with E-state index in [9.17, 15) is 0 Å². The smallest absolute Gasteiger partial charge is 0.00606 e. The van der Waals surface area contributed by atoms with Gasteiger partial charge >= 0.3 is 0 Å². The van der Waals surface area contributed by atoms with E-state index in [0.29, 0.717) is 0 Å². The molecule has 0 amide bonds. The van der Waals surface area contributed by atoms with Crippen molar-refractivity contribution in [1.29, 1.82) is 0 Å². The third kappa shape index (κ3) is 2.10. The van der Waals surface area contributed by atoms with Crippen LogP contribution >= 0.6 is 7.92 Å². The molecule has 1 heteroatoms. The molecule has 0 saturated carbocycles. The Hall–Kier alpha value is -2.17. The molecule has 0 nitrogen and oxygen atoms in total. The van der Waals surface area contributed by atoms with Crippen LogP contribution in [-0.2, 0) is 12.3 Å². The second-order valence-corrected chi connectivity index (χ2v) is 9.16. The molecule has 0 N–H and O–H groups in total. The summed E-state index contributed by atoms with van der Waals surface area (Å²) in [5, 5.41) is 5.49. The SMILES string of the molecule is CP1Cc2ccc3ccccc3c2-c2c(ccc3ccccc23)C1. The Kier molecular flexibility index (Phi) is 3.21. The lowest BCUT2D eigenvalue weighted by Gasteiger charge is -2.15. The van der Waals surface area contributed by atoms with Crippen LogP contribution in [0.3, 0.4) is 0 Å². The lowest BCUT2D eigenvalue weighted by molar-refractivity contribution is 1.39. The molecule has 4 aromatic rings. The molecule has 0 unspecified atom stereocenters. The summed E-state index contributed by atoms with van der Waals surface area (Å²) in [4.78, 5) is 0. The number of fused-ring (bicyclic) bond motifs is 7. The average Bonchev–Trinajstić information content (AvgIpc) is 2.77. The van der Waals surface area contributed by atoms with Gasteiger partial charge in [-0.3, -0.25) is 0 Å². The molecular formula is C23H19P. The Morgan fingerprint density at radius 1 is 0.583 bits per heavy atom. The van der Waals surface area contributed by atoms with Crippen LogP contribution in [0.1, 0.15) is 11.1 Å². The molecular weight excluding hydrogens is 307 g/mol. The second-order valence-electron chi connectivity index (χ2n) is 6.81. The van der Waals surface area contributed by atoms with Gasteiger partial charge in [-0.15, -0.1) is 7.92 Å². The maximum Gasteiger partial charge on any atom is -0.00606 e. The highest BCUT2D eigenvalue weighted by molar-refractivity contribution is 7.55. The normalized spacial score (nSPS) is 14.4. The van der Waals surface area contributed by atoms with Gasteiger partial charge < -0.3 is 0 Å². The summed E-state index contributed by atoms with van der Waals surface area (Å²) >= 11 is 0. The van der Waals surface area contributed by atoms with Crippen LogP contribution < -0.4 is 0 Å². The van der Waals surface area contributed by atoms with Gasteiger partial charge in [0.05, 0.1) is 0 Å². The number of benzene rings is 4. The summed E-state index contributed by atoms with van der Waals surface area (Å²) in [6.07, 6.45) is 2.44. The van der Waals surface area contributed by atoms with E-state index < -0.39 is 0 Å². The van der Waals surface area contributed by atoms with Crippen LogP contribution in [0.2, 0.25) is 0 Å². The van der Waals surface area contributed by atoms with Crippen molar-refractivity contribution in [2.45, 2.75) is 12.3 Å². The van der Waals surface area contributed by atoms with E-state index >= 15 is 0 Å². The fraction of sp³-hybridized carbons (Fsp3) is 0.130. The molecule has 0 aromatic heterocycles. The fourth-order valence-electron chi connectivity index (χ4n) is 4.12. The summed E-state index contributed by atoms with van der Waals surface area (Å²) in [6, 6.07) is 27.0. The summed E-state index contributed by atoms with van der Waals surface area (Å²) in [7, 11) is -0.00224. The summed E-state index contributed by atoms with van der Waals surface area (Å²) in [5.74, 6) is 0. The number of hydrogen-bond acceptors (Lipinski definition) is 0. The van der Waals surface area contributed by atoms with Crippen molar-refractivity contribution in [1.82, 2.24) is 0 Å². The minimum Gasteiger partial charge on any atom is -0.101 e. The Bertz CT molecular complexity index is 991. The zero-order chi connectivity index (χ0) is 16.1. The minimum absolute atomic E-state index is 0.00224. The van der Waals surface area contributed by atoms with Crippen LogP contribution in [-0.4, -0.2) is 6.66 Å². The Morgan fingerprint density at radius 3 is 1.54 bits per heavy atom. The highest BCUT2D eigenvalue weighted by atomic mass is 31.1. The highest BCUT2D eigenvalue weighted by Gasteiger charge is 2.22. The highest BCUT2D eigenvalue weighted by Crippen LogP contribution is 2.50. The van der Waals surface area contributed by atoms with Crippen molar-refractivity contribution >= 4 is 29.5 Å². The monoisotopic (exact) mass is 326 g/mol. The summed E-state index contributed by atoms with van der Waals surface area (Å²) < 4.78 is 0. The Labute approximate surface area is 143 Å². The minimum atomic E-state index is -0.00224. The zero-order valence-corrected chi connectivity index (χ0v) is 14.7. The van der Waals surface area contributed by atoms with Crippen molar-refractivity contribution in [2.75, 3.05) is 6.66 Å². The molecule has 0 aliphatic carbocycles. The van der Waals surface area contributed by atoms with E-state index in [-0.39, 0.29) is 7.92 Å². The quantitative estimate of drug-likeness (QED) is 0.312. The molecule has 1 aliphatic heterocycles. The van der Waals surface area contributed by atoms with Crippen LogP contribution in [0, 0.1) is 0 Å². The van der Waals surface area contributed by atoms with Crippen molar-refractivity contribution in [2.24, 2.45) is 0 Å². The van der Waals surface area contributed by atoms with Gasteiger partial charge in [0, 0.05) is 0 Å². The van der Waals surface area contributed by atoms with Crippen molar-refractivity contribution < 1.29 is 0 Å². The fourth-order valence-corrected chi connectivity index (χ4v) is 5.93. The van der Waals surface area contributed by atoms with E-state index in [1.807, 2.05) is 0 Å². The van der Waals surface area contributed by atoms with Gasteiger partial charge in [-0.1, -0.05) is 72.8 Å². The third-order valence-corrected chi connectivity index (χ3v) is 6.92.